The van der Waals surface area contributed by atoms with E-state index in [0.29, 0.717) is 16.2 Å². The first-order valence-corrected chi connectivity index (χ1v) is 11.8. The molecule has 9 nitrogen and oxygen atoms in total. The normalized spacial score (nSPS) is 13.2. The van der Waals surface area contributed by atoms with Gasteiger partial charge in [-0.2, -0.15) is 25.3 Å². The van der Waals surface area contributed by atoms with Crippen molar-refractivity contribution in [3.8, 4) is 0 Å². The molecule has 0 spiro atoms. The third-order valence-corrected chi connectivity index (χ3v) is 7.51. The molecule has 0 radical (unpaired) electrons. The molecule has 0 amide bonds. The van der Waals surface area contributed by atoms with Crippen molar-refractivity contribution in [2.24, 2.45) is 0 Å². The molecular weight excluding hydrogens is 455 g/mol. The maximum absolute atomic E-state index is 12.0. The summed E-state index contributed by atoms with van der Waals surface area (Å²) in [5, 5.41) is 0.927. The van der Waals surface area contributed by atoms with E-state index in [9.17, 15) is 38.9 Å². The van der Waals surface area contributed by atoms with Gasteiger partial charge in [0.05, 0.1) is 0 Å². The van der Waals surface area contributed by atoms with Crippen LogP contribution in [0.25, 0.3) is 32.3 Å². The Kier molecular flexibility index (Phi) is 5.26. The first-order valence-electron chi connectivity index (χ1n) is 7.48. The van der Waals surface area contributed by atoms with E-state index >= 15 is 0 Å². The van der Waals surface area contributed by atoms with Crippen molar-refractivity contribution in [1.82, 2.24) is 0 Å². The third kappa shape index (κ3) is 3.44. The van der Waals surface area contributed by atoms with Gasteiger partial charge in [-0.15, -0.1) is 0 Å². The van der Waals surface area contributed by atoms with Crippen LogP contribution in [-0.2, 0) is 30.4 Å². The molecule has 4 aromatic rings. The second-order valence-electron chi connectivity index (χ2n) is 6.09. The average molecular weight is 466 g/mol. The Labute approximate surface area is 187 Å². The molecule has 0 bridgehead atoms. The van der Waals surface area contributed by atoms with E-state index in [4.69, 9.17) is 0 Å². The van der Waals surface area contributed by atoms with Gasteiger partial charge in [0.25, 0.3) is 30.4 Å². The van der Waals surface area contributed by atoms with E-state index in [1.807, 2.05) is 0 Å². The van der Waals surface area contributed by atoms with Crippen molar-refractivity contribution in [2.75, 3.05) is 0 Å². The van der Waals surface area contributed by atoms with Crippen molar-refractivity contribution >= 4 is 92.2 Å². The fourth-order valence-electron chi connectivity index (χ4n) is 3.56. The third-order valence-electron chi connectivity index (χ3n) is 4.45. The zero-order valence-corrected chi connectivity index (χ0v) is 16.0. The van der Waals surface area contributed by atoms with Crippen molar-refractivity contribution < 1.29 is 38.9 Å². The number of rotatable bonds is 3. The summed E-state index contributed by atoms with van der Waals surface area (Å²) < 4.78 is 101. The molecule has 3 N–H and O–H groups in total. The fourth-order valence-corrected chi connectivity index (χ4v) is 7.14. The van der Waals surface area contributed by atoms with E-state index in [1.54, 1.807) is 18.2 Å². The average Bonchev–Trinajstić information content (AvgIpc) is 2.55. The van der Waals surface area contributed by atoms with Crippen LogP contribution in [-0.4, -0.2) is 68.5 Å². The molecule has 0 unspecified atom stereocenters. The molecule has 0 atom stereocenters. The van der Waals surface area contributed by atoms with Crippen LogP contribution in [0.15, 0.2) is 57.2 Å². The second kappa shape index (κ2) is 6.83. The second-order valence-corrected chi connectivity index (χ2v) is 10.2. The summed E-state index contributed by atoms with van der Waals surface area (Å²) >= 11 is 0. The van der Waals surface area contributed by atoms with Crippen molar-refractivity contribution in [3.63, 3.8) is 0 Å². The van der Waals surface area contributed by atoms with Crippen molar-refractivity contribution in [1.29, 1.82) is 0 Å². The van der Waals surface area contributed by atoms with Crippen LogP contribution in [0.4, 0.5) is 0 Å². The van der Waals surface area contributed by atoms with Gasteiger partial charge in [0, 0.05) is 16.2 Å². The van der Waals surface area contributed by atoms with E-state index in [2.05, 4.69) is 0 Å². The maximum atomic E-state index is 12.0. The summed E-state index contributed by atoms with van der Waals surface area (Å²) in [5.41, 5.74) is 0. The molecule has 29 heavy (non-hydrogen) atoms. The molecular formula is C16H11NaO9S3. The summed E-state index contributed by atoms with van der Waals surface area (Å²) in [5.74, 6) is 0. The first-order chi connectivity index (χ1) is 12.8. The van der Waals surface area contributed by atoms with Gasteiger partial charge < -0.3 is 0 Å². The predicted molar refractivity (Wildman–Crippen MR) is 107 cm³/mol. The Morgan fingerprint density at radius 1 is 0.517 bits per heavy atom. The Balaban J connectivity index is 0.00000240. The Morgan fingerprint density at radius 2 is 0.897 bits per heavy atom. The minimum absolute atomic E-state index is 0. The molecule has 0 fully saturated rings. The van der Waals surface area contributed by atoms with Crippen molar-refractivity contribution in [3.05, 3.63) is 42.5 Å². The molecule has 0 aliphatic rings. The van der Waals surface area contributed by atoms with Gasteiger partial charge in [-0.1, -0.05) is 42.5 Å². The molecule has 4 aromatic carbocycles. The van der Waals surface area contributed by atoms with Gasteiger partial charge in [-0.05, 0) is 16.2 Å². The zero-order valence-electron chi connectivity index (χ0n) is 13.6. The summed E-state index contributed by atoms with van der Waals surface area (Å²) in [6, 6.07) is 10.3. The number of benzene rings is 4. The SMILES string of the molecule is O=S(=O)(O)c1c(S(=O)(=O)O)c2ccc3cccc4ccc(c1S(=O)(=O)O)c2c34.[NaH]. The van der Waals surface area contributed by atoms with Gasteiger partial charge in [-0.3, -0.25) is 13.7 Å². The zero-order chi connectivity index (χ0) is 20.6. The molecule has 0 aliphatic carbocycles. The molecule has 0 saturated heterocycles. The summed E-state index contributed by atoms with van der Waals surface area (Å²) in [7, 11) is -16.2. The predicted octanol–water partition coefficient (Wildman–Crippen LogP) is 1.68. The van der Waals surface area contributed by atoms with Crippen LogP contribution in [0.1, 0.15) is 0 Å². The Morgan fingerprint density at radius 3 is 1.24 bits per heavy atom. The quantitative estimate of drug-likeness (QED) is 0.231. The van der Waals surface area contributed by atoms with Crippen LogP contribution >= 0.6 is 0 Å². The molecule has 0 heterocycles. The monoisotopic (exact) mass is 466 g/mol. The molecule has 13 heteroatoms. The van der Waals surface area contributed by atoms with Crippen molar-refractivity contribution in [2.45, 2.75) is 14.7 Å². The van der Waals surface area contributed by atoms with E-state index in [1.165, 1.54) is 24.3 Å². The Hall–Kier alpha value is -1.35. The van der Waals surface area contributed by atoms with Crippen LogP contribution in [0.3, 0.4) is 0 Å². The van der Waals surface area contributed by atoms with Crippen LogP contribution in [0.5, 0.6) is 0 Å². The van der Waals surface area contributed by atoms with Gasteiger partial charge in [0.15, 0.2) is 0 Å². The fraction of sp³-hybridized carbons (Fsp3) is 0. The minimum atomic E-state index is -5.50. The van der Waals surface area contributed by atoms with Gasteiger partial charge in [-0.25, -0.2) is 0 Å². The van der Waals surface area contributed by atoms with Gasteiger partial charge in [0.1, 0.15) is 14.7 Å². The molecule has 148 valence electrons. The molecule has 0 saturated carbocycles. The van der Waals surface area contributed by atoms with E-state index < -0.39 is 45.0 Å². The first kappa shape index (κ1) is 22.3. The van der Waals surface area contributed by atoms with Crippen LogP contribution < -0.4 is 0 Å². The molecule has 0 aliphatic heterocycles. The van der Waals surface area contributed by atoms with Crippen LogP contribution in [0.2, 0.25) is 0 Å². The summed E-state index contributed by atoms with van der Waals surface area (Å²) in [4.78, 5) is -4.26. The van der Waals surface area contributed by atoms with E-state index in [-0.39, 0.29) is 45.7 Å². The molecule has 0 aromatic heterocycles. The van der Waals surface area contributed by atoms with Crippen LogP contribution in [0, 0.1) is 0 Å². The number of hydrogen-bond donors (Lipinski definition) is 3. The summed E-state index contributed by atoms with van der Waals surface area (Å²) in [6.07, 6.45) is 0. The summed E-state index contributed by atoms with van der Waals surface area (Å²) in [6.45, 7) is 0. The van der Waals surface area contributed by atoms with Gasteiger partial charge in [0.2, 0.25) is 0 Å². The topological polar surface area (TPSA) is 163 Å². The van der Waals surface area contributed by atoms with Gasteiger partial charge >= 0.3 is 29.6 Å². The number of hydrogen-bond acceptors (Lipinski definition) is 6. The molecule has 4 rings (SSSR count). The standard InChI is InChI=1S/C16H10O9S3.Na.H/c17-26(18,19)14-10-6-4-8-2-1-3-9-5-7-11(13(10)12(8)9)15(27(20,21)22)16(14)28(23,24)25;;/h1-7H,(H,17,18,19)(H,20,21,22)(H,23,24,25);;. The van der Waals surface area contributed by atoms with E-state index in [0.717, 1.165) is 0 Å². The Bertz CT molecular complexity index is 1520.